The second-order valence-corrected chi connectivity index (χ2v) is 5.08. The Morgan fingerprint density at radius 1 is 1.38 bits per heavy atom. The van der Waals surface area contributed by atoms with Crippen molar-refractivity contribution in [2.75, 3.05) is 11.9 Å². The summed E-state index contributed by atoms with van der Waals surface area (Å²) < 4.78 is 1.57. The lowest BCUT2D eigenvalue weighted by molar-refractivity contribution is 0.266. The zero-order chi connectivity index (χ0) is 15.2. The van der Waals surface area contributed by atoms with Crippen molar-refractivity contribution in [3.05, 3.63) is 56.4 Å². The summed E-state index contributed by atoms with van der Waals surface area (Å²) in [6.07, 6.45) is 1.53. The summed E-state index contributed by atoms with van der Waals surface area (Å²) >= 11 is 3.24. The molecule has 0 atom stereocenters. The number of aliphatic hydroxyl groups excluding tert-OH is 1. The lowest BCUT2D eigenvalue weighted by Crippen LogP contribution is -2.25. The maximum Gasteiger partial charge on any atom is 0.283 e. The van der Waals surface area contributed by atoms with Crippen LogP contribution < -0.4 is 10.9 Å². The van der Waals surface area contributed by atoms with E-state index in [4.69, 9.17) is 10.4 Å². The second kappa shape index (κ2) is 7.02. The SMILES string of the molecule is N#Cc1ccc(CNc2cnn(CCO)c(=O)c2Br)cc1. The number of hydrogen-bond acceptors (Lipinski definition) is 5. The van der Waals surface area contributed by atoms with Gasteiger partial charge in [-0.1, -0.05) is 12.1 Å². The molecule has 2 N–H and O–H groups in total. The van der Waals surface area contributed by atoms with Gasteiger partial charge in [0, 0.05) is 6.54 Å². The molecular weight excluding hydrogens is 336 g/mol. The van der Waals surface area contributed by atoms with Crippen molar-refractivity contribution in [2.45, 2.75) is 13.1 Å². The van der Waals surface area contributed by atoms with Gasteiger partial charge in [-0.2, -0.15) is 10.4 Å². The van der Waals surface area contributed by atoms with Crippen LogP contribution in [-0.2, 0) is 13.1 Å². The van der Waals surface area contributed by atoms with E-state index in [0.29, 0.717) is 22.3 Å². The van der Waals surface area contributed by atoms with Crippen LogP contribution in [0, 0.1) is 11.3 Å². The Morgan fingerprint density at radius 3 is 2.71 bits per heavy atom. The van der Waals surface area contributed by atoms with Crippen molar-refractivity contribution in [3.8, 4) is 6.07 Å². The Bertz CT molecular complexity index is 719. The van der Waals surface area contributed by atoms with Gasteiger partial charge in [-0.15, -0.1) is 0 Å². The molecule has 0 spiro atoms. The predicted molar refractivity (Wildman–Crippen MR) is 81.8 cm³/mol. The monoisotopic (exact) mass is 348 g/mol. The molecule has 0 bridgehead atoms. The zero-order valence-electron chi connectivity index (χ0n) is 11.1. The van der Waals surface area contributed by atoms with Gasteiger partial charge in [0.1, 0.15) is 4.47 Å². The molecule has 0 amide bonds. The summed E-state index contributed by atoms with van der Waals surface area (Å²) in [6, 6.07) is 9.23. The van der Waals surface area contributed by atoms with E-state index in [1.54, 1.807) is 12.1 Å². The average molecular weight is 349 g/mol. The van der Waals surface area contributed by atoms with Gasteiger partial charge in [-0.3, -0.25) is 4.79 Å². The molecule has 1 aromatic carbocycles. The summed E-state index contributed by atoms with van der Waals surface area (Å²) in [4.78, 5) is 11.9. The Morgan fingerprint density at radius 2 is 2.10 bits per heavy atom. The first-order valence-corrected chi connectivity index (χ1v) is 7.04. The largest absolute Gasteiger partial charge is 0.394 e. The number of nitriles is 1. The molecule has 0 unspecified atom stereocenters. The van der Waals surface area contributed by atoms with Gasteiger partial charge in [0.15, 0.2) is 0 Å². The molecule has 0 radical (unpaired) electrons. The summed E-state index contributed by atoms with van der Waals surface area (Å²) in [7, 11) is 0. The van der Waals surface area contributed by atoms with Crippen LogP contribution in [0.4, 0.5) is 5.69 Å². The molecule has 108 valence electrons. The molecule has 0 saturated heterocycles. The van der Waals surface area contributed by atoms with Gasteiger partial charge in [0.25, 0.3) is 5.56 Å². The molecular formula is C14H13BrN4O2. The molecule has 1 aromatic heterocycles. The molecule has 21 heavy (non-hydrogen) atoms. The highest BCUT2D eigenvalue weighted by Crippen LogP contribution is 2.17. The van der Waals surface area contributed by atoms with Crippen molar-refractivity contribution >= 4 is 21.6 Å². The highest BCUT2D eigenvalue weighted by Gasteiger charge is 2.08. The maximum atomic E-state index is 11.9. The number of benzene rings is 1. The lowest BCUT2D eigenvalue weighted by atomic mass is 10.1. The molecule has 1 heterocycles. The van der Waals surface area contributed by atoms with Crippen LogP contribution in [0.25, 0.3) is 0 Å². The van der Waals surface area contributed by atoms with Crippen LogP contribution in [0.3, 0.4) is 0 Å². The van der Waals surface area contributed by atoms with Crippen molar-refractivity contribution in [2.24, 2.45) is 0 Å². The molecule has 0 fully saturated rings. The summed E-state index contributed by atoms with van der Waals surface area (Å²) in [5.41, 5.74) is 1.88. The smallest absolute Gasteiger partial charge is 0.283 e. The number of hydrogen-bond donors (Lipinski definition) is 2. The second-order valence-electron chi connectivity index (χ2n) is 4.29. The van der Waals surface area contributed by atoms with E-state index in [-0.39, 0.29) is 18.7 Å². The van der Waals surface area contributed by atoms with E-state index >= 15 is 0 Å². The first kappa shape index (κ1) is 15.2. The van der Waals surface area contributed by atoms with E-state index in [1.807, 2.05) is 12.1 Å². The van der Waals surface area contributed by atoms with E-state index < -0.39 is 0 Å². The van der Waals surface area contributed by atoms with Gasteiger partial charge in [0.05, 0.1) is 36.7 Å². The average Bonchev–Trinajstić information content (AvgIpc) is 2.52. The summed E-state index contributed by atoms with van der Waals surface area (Å²) in [6.45, 7) is 0.528. The molecule has 0 aliphatic rings. The zero-order valence-corrected chi connectivity index (χ0v) is 12.7. The number of anilines is 1. The first-order chi connectivity index (χ1) is 10.2. The van der Waals surface area contributed by atoms with E-state index in [0.717, 1.165) is 5.56 Å². The van der Waals surface area contributed by atoms with Crippen LogP contribution in [0.15, 0.2) is 39.7 Å². The number of aliphatic hydroxyl groups is 1. The third kappa shape index (κ3) is 3.68. The number of halogens is 1. The van der Waals surface area contributed by atoms with Crippen LogP contribution in [-0.4, -0.2) is 21.5 Å². The molecule has 0 saturated carbocycles. The normalized spacial score (nSPS) is 10.1. The molecule has 2 rings (SSSR count). The Kier molecular flexibility index (Phi) is 5.09. The lowest BCUT2D eigenvalue weighted by Gasteiger charge is -2.10. The third-order valence-electron chi connectivity index (χ3n) is 2.86. The fourth-order valence-electron chi connectivity index (χ4n) is 1.74. The Hall–Kier alpha value is -2.17. The molecule has 6 nitrogen and oxygen atoms in total. The fourth-order valence-corrected chi connectivity index (χ4v) is 2.18. The Balaban J connectivity index is 2.11. The predicted octanol–water partition coefficient (Wildman–Crippen LogP) is 1.48. The van der Waals surface area contributed by atoms with Crippen molar-refractivity contribution in [3.63, 3.8) is 0 Å². The quantitative estimate of drug-likeness (QED) is 0.853. The van der Waals surface area contributed by atoms with E-state index in [9.17, 15) is 4.79 Å². The minimum absolute atomic E-state index is 0.142. The van der Waals surface area contributed by atoms with Crippen LogP contribution in [0.1, 0.15) is 11.1 Å². The molecule has 0 aliphatic carbocycles. The maximum absolute atomic E-state index is 11.9. The fraction of sp³-hybridized carbons (Fsp3) is 0.214. The number of nitrogens with zero attached hydrogens (tertiary/aromatic N) is 3. The highest BCUT2D eigenvalue weighted by molar-refractivity contribution is 9.10. The van der Waals surface area contributed by atoms with Crippen LogP contribution >= 0.6 is 15.9 Å². The van der Waals surface area contributed by atoms with Crippen molar-refractivity contribution < 1.29 is 5.11 Å². The van der Waals surface area contributed by atoms with Crippen molar-refractivity contribution in [1.29, 1.82) is 5.26 Å². The molecule has 7 heteroatoms. The van der Waals surface area contributed by atoms with Gasteiger partial charge < -0.3 is 10.4 Å². The standard InChI is InChI=1S/C14H13BrN4O2/c15-13-12(9-18-19(5-6-20)14(13)21)17-8-11-3-1-10(7-16)2-4-11/h1-4,9,17,20H,5-6,8H2. The summed E-state index contributed by atoms with van der Waals surface area (Å²) in [5, 5.41) is 24.7. The van der Waals surface area contributed by atoms with Gasteiger partial charge in [0.2, 0.25) is 0 Å². The van der Waals surface area contributed by atoms with Gasteiger partial charge in [-0.25, -0.2) is 4.68 Å². The third-order valence-corrected chi connectivity index (χ3v) is 3.63. The number of nitrogens with one attached hydrogen (secondary N) is 1. The topological polar surface area (TPSA) is 90.9 Å². The minimum Gasteiger partial charge on any atom is -0.394 e. The van der Waals surface area contributed by atoms with Crippen LogP contribution in [0.5, 0.6) is 0 Å². The number of rotatable bonds is 5. The van der Waals surface area contributed by atoms with Crippen LogP contribution in [0.2, 0.25) is 0 Å². The van der Waals surface area contributed by atoms with Crippen molar-refractivity contribution in [1.82, 2.24) is 9.78 Å². The number of aromatic nitrogens is 2. The van der Waals surface area contributed by atoms with Gasteiger partial charge >= 0.3 is 0 Å². The van der Waals surface area contributed by atoms with Gasteiger partial charge in [-0.05, 0) is 33.6 Å². The molecule has 2 aromatic rings. The highest BCUT2D eigenvalue weighted by atomic mass is 79.9. The minimum atomic E-state index is -0.297. The Labute approximate surface area is 129 Å². The summed E-state index contributed by atoms with van der Waals surface area (Å²) in [5.74, 6) is 0. The molecule has 0 aliphatic heterocycles. The van der Waals surface area contributed by atoms with E-state index in [2.05, 4.69) is 32.4 Å². The first-order valence-electron chi connectivity index (χ1n) is 6.25. The van der Waals surface area contributed by atoms with E-state index in [1.165, 1.54) is 10.9 Å².